The minimum absolute atomic E-state index is 0.149. The van der Waals surface area contributed by atoms with Gasteiger partial charge in [-0.15, -0.1) is 0 Å². The van der Waals surface area contributed by atoms with E-state index in [0.717, 1.165) is 10.5 Å². The largest absolute Gasteiger partial charge is 0.479 e. The van der Waals surface area contributed by atoms with Crippen molar-refractivity contribution in [2.75, 3.05) is 6.54 Å². The van der Waals surface area contributed by atoms with Crippen LogP contribution in [-0.2, 0) is 11.3 Å². The molecule has 4 rings (SSSR count). The molecule has 1 aromatic heterocycles. The minimum Gasteiger partial charge on any atom is -0.479 e. The van der Waals surface area contributed by atoms with Gasteiger partial charge >= 0.3 is 12.0 Å². The molecule has 0 aliphatic carbocycles. The molecule has 0 radical (unpaired) electrons. The van der Waals surface area contributed by atoms with E-state index in [1.807, 2.05) is 30.3 Å². The Kier molecular flexibility index (Phi) is 2.88. The Hall–Kier alpha value is -2.87. The van der Waals surface area contributed by atoms with Crippen LogP contribution in [0, 0.1) is 0 Å². The molecular weight excluding hydrogens is 300 g/mol. The zero-order valence-corrected chi connectivity index (χ0v) is 12.0. The second-order valence-corrected chi connectivity index (χ2v) is 5.69. The van der Waals surface area contributed by atoms with Crippen LogP contribution in [0.4, 0.5) is 4.79 Å². The SMILES string of the molecule is O=C(O)C1c2nn(Cc3ccccc3)cc2[C@H]2CN1C(=O)N2O. The summed E-state index contributed by atoms with van der Waals surface area (Å²) in [5.41, 5.74) is 1.93. The van der Waals surface area contributed by atoms with E-state index >= 15 is 0 Å². The molecule has 2 amide bonds. The third-order valence-electron chi connectivity index (χ3n) is 4.28. The molecule has 1 fully saturated rings. The highest BCUT2D eigenvalue weighted by molar-refractivity contribution is 5.86. The summed E-state index contributed by atoms with van der Waals surface area (Å²) in [5, 5.41) is 24.3. The zero-order valence-electron chi connectivity index (χ0n) is 12.0. The van der Waals surface area contributed by atoms with Gasteiger partial charge in [0.25, 0.3) is 0 Å². The van der Waals surface area contributed by atoms with Gasteiger partial charge in [-0.05, 0) is 5.56 Å². The van der Waals surface area contributed by atoms with E-state index < -0.39 is 24.1 Å². The summed E-state index contributed by atoms with van der Waals surface area (Å²) in [5.74, 6) is -1.15. The Balaban J connectivity index is 1.75. The molecule has 2 N–H and O–H groups in total. The molecule has 1 aromatic carbocycles. The van der Waals surface area contributed by atoms with Crippen LogP contribution in [0.1, 0.15) is 28.9 Å². The summed E-state index contributed by atoms with van der Waals surface area (Å²) < 4.78 is 1.65. The van der Waals surface area contributed by atoms with Gasteiger partial charge in [0, 0.05) is 11.8 Å². The lowest BCUT2D eigenvalue weighted by Crippen LogP contribution is -2.38. The maximum atomic E-state index is 11.9. The fourth-order valence-electron chi connectivity index (χ4n) is 3.22. The normalized spacial score (nSPS) is 22.4. The lowest BCUT2D eigenvalue weighted by Gasteiger charge is -2.25. The first kappa shape index (κ1) is 13.8. The molecule has 1 unspecified atom stereocenters. The number of carbonyl (C=O) groups is 2. The van der Waals surface area contributed by atoms with Crippen LogP contribution in [0.15, 0.2) is 36.5 Å². The van der Waals surface area contributed by atoms with E-state index in [1.54, 1.807) is 10.9 Å². The van der Waals surface area contributed by atoms with Crippen LogP contribution in [0.5, 0.6) is 0 Å². The van der Waals surface area contributed by atoms with Gasteiger partial charge in [-0.1, -0.05) is 30.3 Å². The van der Waals surface area contributed by atoms with E-state index in [0.29, 0.717) is 22.9 Å². The van der Waals surface area contributed by atoms with E-state index in [9.17, 15) is 19.9 Å². The van der Waals surface area contributed by atoms with Crippen molar-refractivity contribution in [1.29, 1.82) is 0 Å². The number of hydroxylamine groups is 2. The molecule has 3 heterocycles. The fourth-order valence-corrected chi connectivity index (χ4v) is 3.22. The first-order valence-corrected chi connectivity index (χ1v) is 7.19. The fraction of sp³-hybridized carbons (Fsp3) is 0.267. The molecular formula is C15H14N4O4. The summed E-state index contributed by atoms with van der Waals surface area (Å²) in [6, 6.07) is 7.22. The maximum absolute atomic E-state index is 11.9. The number of urea groups is 1. The highest BCUT2D eigenvalue weighted by atomic mass is 16.5. The van der Waals surface area contributed by atoms with Gasteiger partial charge in [-0.3, -0.25) is 9.89 Å². The van der Waals surface area contributed by atoms with Crippen molar-refractivity contribution in [2.45, 2.75) is 18.6 Å². The van der Waals surface area contributed by atoms with Crippen LogP contribution >= 0.6 is 0 Å². The zero-order chi connectivity index (χ0) is 16.1. The molecule has 2 atom stereocenters. The second-order valence-electron chi connectivity index (χ2n) is 5.69. The number of amides is 2. The van der Waals surface area contributed by atoms with Crippen LogP contribution in [0.2, 0.25) is 0 Å². The number of aromatic nitrogens is 2. The topological polar surface area (TPSA) is 98.9 Å². The number of nitrogens with zero attached hydrogens (tertiary/aromatic N) is 4. The van der Waals surface area contributed by atoms with Gasteiger partial charge in [-0.25, -0.2) is 9.59 Å². The molecule has 23 heavy (non-hydrogen) atoms. The smallest absolute Gasteiger partial charge is 0.345 e. The molecule has 2 bridgehead atoms. The lowest BCUT2D eigenvalue weighted by atomic mass is 9.98. The molecule has 0 saturated carbocycles. The molecule has 118 valence electrons. The number of aliphatic carboxylic acids is 1. The van der Waals surface area contributed by atoms with Crippen molar-refractivity contribution in [3.05, 3.63) is 53.3 Å². The Morgan fingerprint density at radius 2 is 2.04 bits per heavy atom. The second kappa shape index (κ2) is 4.82. The van der Waals surface area contributed by atoms with E-state index in [1.165, 1.54) is 0 Å². The highest BCUT2D eigenvalue weighted by Gasteiger charge is 2.51. The van der Waals surface area contributed by atoms with Gasteiger partial charge in [0.2, 0.25) is 0 Å². The van der Waals surface area contributed by atoms with Crippen molar-refractivity contribution in [3.63, 3.8) is 0 Å². The molecule has 0 spiro atoms. The number of rotatable bonds is 3. The van der Waals surface area contributed by atoms with Crippen molar-refractivity contribution in [3.8, 4) is 0 Å². The number of carboxylic acids is 1. The highest BCUT2D eigenvalue weighted by Crippen LogP contribution is 2.42. The van der Waals surface area contributed by atoms with Gasteiger partial charge in [0.15, 0.2) is 6.04 Å². The van der Waals surface area contributed by atoms with Crippen molar-refractivity contribution >= 4 is 12.0 Å². The first-order chi connectivity index (χ1) is 11.1. The predicted octanol–water partition coefficient (Wildman–Crippen LogP) is 1.24. The predicted molar refractivity (Wildman–Crippen MR) is 76.6 cm³/mol. The average molecular weight is 314 g/mol. The van der Waals surface area contributed by atoms with Gasteiger partial charge in [0.05, 0.1) is 13.1 Å². The lowest BCUT2D eigenvalue weighted by molar-refractivity contribution is -0.142. The van der Waals surface area contributed by atoms with Crippen molar-refractivity contribution < 1.29 is 19.9 Å². The number of carbonyl (C=O) groups excluding carboxylic acids is 1. The first-order valence-electron chi connectivity index (χ1n) is 7.19. The van der Waals surface area contributed by atoms with Crippen LogP contribution in [-0.4, -0.2) is 48.6 Å². The monoisotopic (exact) mass is 314 g/mol. The molecule has 1 saturated heterocycles. The molecule has 2 aromatic rings. The maximum Gasteiger partial charge on any atom is 0.345 e. The van der Waals surface area contributed by atoms with Crippen molar-refractivity contribution in [2.24, 2.45) is 0 Å². The summed E-state index contributed by atoms with van der Waals surface area (Å²) in [7, 11) is 0. The summed E-state index contributed by atoms with van der Waals surface area (Å²) in [4.78, 5) is 24.7. The average Bonchev–Trinajstić information content (AvgIpc) is 3.05. The molecule has 2 aliphatic heterocycles. The molecule has 2 aliphatic rings. The number of benzene rings is 1. The standard InChI is InChI=1S/C15H14N4O4/c20-14(21)13-12-10(11-8-18(13)15(22)19(11)23)7-17(16-12)6-9-4-2-1-3-5-9/h1-5,7,11,13,23H,6,8H2,(H,20,21)/t11-,13?/m1/s1. The number of fused-ring (bicyclic) bond motifs is 4. The summed E-state index contributed by atoms with van der Waals surface area (Å²) >= 11 is 0. The third kappa shape index (κ3) is 1.99. The number of carboxylic acid groups (broad SMARTS) is 1. The third-order valence-corrected chi connectivity index (χ3v) is 4.28. The van der Waals surface area contributed by atoms with Crippen LogP contribution in [0.3, 0.4) is 0 Å². The summed E-state index contributed by atoms with van der Waals surface area (Å²) in [6.45, 7) is 0.641. The molecule has 8 nitrogen and oxygen atoms in total. The van der Waals surface area contributed by atoms with E-state index in [-0.39, 0.29) is 6.54 Å². The minimum atomic E-state index is -1.16. The van der Waals surface area contributed by atoms with Crippen LogP contribution in [0.25, 0.3) is 0 Å². The Labute approximate surface area is 131 Å². The Morgan fingerprint density at radius 3 is 2.74 bits per heavy atom. The quantitative estimate of drug-likeness (QED) is 0.830. The Morgan fingerprint density at radius 1 is 1.30 bits per heavy atom. The number of hydrogen-bond donors (Lipinski definition) is 2. The van der Waals surface area contributed by atoms with Gasteiger partial charge in [0.1, 0.15) is 11.7 Å². The van der Waals surface area contributed by atoms with Crippen LogP contribution < -0.4 is 0 Å². The van der Waals surface area contributed by atoms with Gasteiger partial charge < -0.3 is 10.0 Å². The molecule has 8 heteroatoms. The van der Waals surface area contributed by atoms with Crippen molar-refractivity contribution in [1.82, 2.24) is 19.7 Å². The summed E-state index contributed by atoms with van der Waals surface area (Å²) in [6.07, 6.45) is 1.71. The number of hydrogen-bond acceptors (Lipinski definition) is 4. The Bertz CT molecular complexity index is 788. The van der Waals surface area contributed by atoms with E-state index in [4.69, 9.17) is 0 Å². The van der Waals surface area contributed by atoms with E-state index in [2.05, 4.69) is 5.10 Å². The van der Waals surface area contributed by atoms with Gasteiger partial charge in [-0.2, -0.15) is 10.2 Å².